The molecule has 0 aliphatic carbocycles. The Morgan fingerprint density at radius 3 is 2.83 bits per heavy atom. The smallest absolute Gasteiger partial charge is 0.162 e. The largest absolute Gasteiger partial charge is 0.493 e. The van der Waals surface area contributed by atoms with Gasteiger partial charge in [-0.1, -0.05) is 18.2 Å². The highest BCUT2D eigenvalue weighted by atomic mass is 127. The zero-order chi connectivity index (χ0) is 13.3. The molecule has 2 rings (SSSR count). The van der Waals surface area contributed by atoms with Crippen molar-refractivity contribution in [2.24, 2.45) is 7.05 Å². The summed E-state index contributed by atoms with van der Waals surface area (Å²) in [7, 11) is 3.37. The molecule has 1 heterocycles. The number of methoxy groups -OCH3 is 1. The van der Waals surface area contributed by atoms with Crippen molar-refractivity contribution in [3.63, 3.8) is 0 Å². The summed E-state index contributed by atoms with van der Waals surface area (Å²) in [4.78, 5) is 0. The first-order valence-corrected chi connectivity index (χ1v) is 6.63. The van der Waals surface area contributed by atoms with Crippen LogP contribution < -0.4 is 4.74 Å². The molecule has 1 N–H and O–H groups in total. The van der Waals surface area contributed by atoms with Gasteiger partial charge in [-0.3, -0.25) is 4.68 Å². The van der Waals surface area contributed by atoms with Crippen LogP contribution in [0.25, 0.3) is 0 Å². The number of halogens is 1. The SMILES string of the molecule is COc1cnn(C)c1C(O)c1cccc(C)c1I. The molecule has 0 saturated carbocycles. The van der Waals surface area contributed by atoms with Crippen LogP contribution in [0, 0.1) is 10.5 Å². The summed E-state index contributed by atoms with van der Waals surface area (Å²) in [5.74, 6) is 0.599. The van der Waals surface area contributed by atoms with Crippen LogP contribution in [0.1, 0.15) is 22.9 Å². The average molecular weight is 358 g/mol. The minimum Gasteiger partial charge on any atom is -0.493 e. The lowest BCUT2D eigenvalue weighted by atomic mass is 10.0. The highest BCUT2D eigenvalue weighted by Gasteiger charge is 2.22. The van der Waals surface area contributed by atoms with E-state index in [1.807, 2.05) is 25.1 Å². The quantitative estimate of drug-likeness (QED) is 0.858. The van der Waals surface area contributed by atoms with Gasteiger partial charge in [0.05, 0.1) is 13.3 Å². The lowest BCUT2D eigenvalue weighted by molar-refractivity contribution is 0.203. The van der Waals surface area contributed by atoms with Crippen LogP contribution in [0.3, 0.4) is 0 Å². The number of aliphatic hydroxyl groups excluding tert-OH is 1. The Balaban J connectivity index is 2.51. The summed E-state index contributed by atoms with van der Waals surface area (Å²) in [5.41, 5.74) is 2.69. The first kappa shape index (κ1) is 13.4. The fourth-order valence-corrected chi connectivity index (χ4v) is 2.58. The number of aliphatic hydroxyl groups is 1. The third kappa shape index (κ3) is 2.24. The number of aromatic nitrogens is 2. The van der Waals surface area contributed by atoms with Crippen molar-refractivity contribution in [2.75, 3.05) is 7.11 Å². The molecule has 5 heteroatoms. The second-order valence-corrected chi connectivity index (χ2v) is 5.18. The second kappa shape index (κ2) is 5.27. The van der Waals surface area contributed by atoms with Gasteiger partial charge in [-0.05, 0) is 35.1 Å². The van der Waals surface area contributed by atoms with Gasteiger partial charge in [-0.25, -0.2) is 0 Å². The molecule has 4 nitrogen and oxygen atoms in total. The summed E-state index contributed by atoms with van der Waals surface area (Å²) in [6.07, 6.45) is 0.876. The summed E-state index contributed by atoms with van der Waals surface area (Å²) in [6.45, 7) is 2.03. The van der Waals surface area contributed by atoms with Crippen molar-refractivity contribution in [2.45, 2.75) is 13.0 Å². The molecule has 0 amide bonds. The van der Waals surface area contributed by atoms with Crippen molar-refractivity contribution < 1.29 is 9.84 Å². The number of benzene rings is 1. The molecule has 1 aromatic heterocycles. The lowest BCUT2D eigenvalue weighted by Crippen LogP contribution is -2.09. The highest BCUT2D eigenvalue weighted by Crippen LogP contribution is 2.32. The minimum atomic E-state index is -0.737. The maximum atomic E-state index is 10.5. The third-order valence-corrected chi connectivity index (χ3v) is 4.42. The van der Waals surface area contributed by atoms with Crippen LogP contribution in [0.5, 0.6) is 5.75 Å². The molecule has 0 radical (unpaired) electrons. The monoisotopic (exact) mass is 358 g/mol. The fourth-order valence-electron chi connectivity index (χ4n) is 1.92. The van der Waals surface area contributed by atoms with E-state index in [1.165, 1.54) is 0 Å². The van der Waals surface area contributed by atoms with Crippen LogP contribution in [-0.2, 0) is 7.05 Å². The Morgan fingerprint density at radius 1 is 1.44 bits per heavy atom. The van der Waals surface area contributed by atoms with Crippen molar-refractivity contribution >= 4 is 22.6 Å². The molecule has 1 unspecified atom stereocenters. The van der Waals surface area contributed by atoms with E-state index in [0.29, 0.717) is 11.4 Å². The Hall–Kier alpha value is -1.08. The van der Waals surface area contributed by atoms with Crippen LogP contribution in [0.2, 0.25) is 0 Å². The van der Waals surface area contributed by atoms with Gasteiger partial charge >= 0.3 is 0 Å². The lowest BCUT2D eigenvalue weighted by Gasteiger charge is -2.16. The van der Waals surface area contributed by atoms with E-state index in [9.17, 15) is 5.11 Å². The number of hydrogen-bond donors (Lipinski definition) is 1. The molecular formula is C13H15IN2O2. The zero-order valence-corrected chi connectivity index (χ0v) is 12.7. The van der Waals surface area contributed by atoms with E-state index in [1.54, 1.807) is 25.0 Å². The summed E-state index contributed by atoms with van der Waals surface area (Å²) in [6, 6.07) is 5.89. The molecule has 0 aliphatic rings. The maximum absolute atomic E-state index is 10.5. The Bertz CT molecular complexity index is 566. The summed E-state index contributed by atoms with van der Waals surface area (Å²) >= 11 is 2.25. The van der Waals surface area contributed by atoms with Gasteiger partial charge in [-0.15, -0.1) is 0 Å². The predicted molar refractivity (Wildman–Crippen MR) is 77.7 cm³/mol. The van der Waals surface area contributed by atoms with Crippen molar-refractivity contribution in [1.29, 1.82) is 0 Å². The summed E-state index contributed by atoms with van der Waals surface area (Å²) in [5, 5.41) is 14.6. The number of hydrogen-bond acceptors (Lipinski definition) is 3. The number of ether oxygens (including phenoxy) is 1. The van der Waals surface area contributed by atoms with Crippen molar-refractivity contribution in [3.8, 4) is 5.75 Å². The topological polar surface area (TPSA) is 47.3 Å². The molecule has 1 aromatic carbocycles. The molecule has 0 bridgehead atoms. The first-order valence-electron chi connectivity index (χ1n) is 5.55. The van der Waals surface area contributed by atoms with Crippen LogP contribution in [0.4, 0.5) is 0 Å². The molecule has 0 fully saturated rings. The molecule has 0 saturated heterocycles. The minimum absolute atomic E-state index is 0.599. The number of nitrogens with zero attached hydrogens (tertiary/aromatic N) is 2. The predicted octanol–water partition coefficient (Wildman–Crippen LogP) is 2.42. The van der Waals surface area contributed by atoms with E-state index < -0.39 is 6.10 Å². The molecule has 0 aliphatic heterocycles. The fraction of sp³-hybridized carbons (Fsp3) is 0.308. The van der Waals surface area contributed by atoms with E-state index in [-0.39, 0.29) is 0 Å². The van der Waals surface area contributed by atoms with Crippen LogP contribution in [0.15, 0.2) is 24.4 Å². The van der Waals surface area contributed by atoms with Gasteiger partial charge in [0.1, 0.15) is 11.8 Å². The molecule has 1 atom stereocenters. The van der Waals surface area contributed by atoms with E-state index in [2.05, 4.69) is 27.7 Å². The van der Waals surface area contributed by atoms with Gasteiger partial charge < -0.3 is 9.84 Å². The van der Waals surface area contributed by atoms with Gasteiger partial charge in [0, 0.05) is 16.2 Å². The number of aryl methyl sites for hydroxylation is 2. The van der Waals surface area contributed by atoms with E-state index >= 15 is 0 Å². The number of rotatable bonds is 3. The highest BCUT2D eigenvalue weighted by molar-refractivity contribution is 14.1. The van der Waals surface area contributed by atoms with Crippen molar-refractivity contribution in [1.82, 2.24) is 9.78 Å². The average Bonchev–Trinajstić information content (AvgIpc) is 2.73. The van der Waals surface area contributed by atoms with Gasteiger partial charge in [0.2, 0.25) is 0 Å². The summed E-state index contributed by atoms with van der Waals surface area (Å²) < 4.78 is 7.93. The van der Waals surface area contributed by atoms with Crippen molar-refractivity contribution in [3.05, 3.63) is 44.8 Å². The van der Waals surface area contributed by atoms with E-state index in [4.69, 9.17) is 4.74 Å². The van der Waals surface area contributed by atoms with Crippen LogP contribution in [-0.4, -0.2) is 22.0 Å². The van der Waals surface area contributed by atoms with Gasteiger partial charge in [0.15, 0.2) is 5.75 Å². The Kier molecular flexibility index (Phi) is 3.91. The van der Waals surface area contributed by atoms with Gasteiger partial charge in [-0.2, -0.15) is 5.10 Å². The van der Waals surface area contributed by atoms with Crippen LogP contribution >= 0.6 is 22.6 Å². The Labute approximate surface area is 120 Å². The molecular weight excluding hydrogens is 343 g/mol. The second-order valence-electron chi connectivity index (χ2n) is 4.10. The first-order chi connectivity index (χ1) is 8.56. The zero-order valence-electron chi connectivity index (χ0n) is 10.5. The third-order valence-electron chi connectivity index (χ3n) is 2.94. The molecule has 2 aromatic rings. The normalized spacial score (nSPS) is 12.5. The standard InChI is InChI=1S/C13H15IN2O2/c1-8-5-4-6-9(11(8)14)13(17)12-10(18-3)7-15-16(12)2/h4-7,13,17H,1-3H3. The molecule has 18 heavy (non-hydrogen) atoms. The molecule has 0 spiro atoms. The molecule has 96 valence electrons. The van der Waals surface area contributed by atoms with Gasteiger partial charge in [0.25, 0.3) is 0 Å². The Morgan fingerprint density at radius 2 is 2.17 bits per heavy atom. The van der Waals surface area contributed by atoms with E-state index in [0.717, 1.165) is 14.7 Å². The maximum Gasteiger partial charge on any atom is 0.162 e.